The lowest BCUT2D eigenvalue weighted by Crippen LogP contribution is -2.44. The number of nitriles is 1. The SMILES string of the molecule is N#Cc1ccc(CCNC(=O)C2CC(O)CN2c2cc(N3CCC(CCO)CC3)nc(C(F)(F)F)n2)cc1. The molecule has 2 aromatic rings. The first-order valence-corrected chi connectivity index (χ1v) is 12.7. The van der Waals surface area contributed by atoms with Crippen molar-refractivity contribution in [2.45, 2.75) is 50.4 Å². The van der Waals surface area contributed by atoms with Crippen LogP contribution in [-0.4, -0.2) is 71.0 Å². The Morgan fingerprint density at radius 1 is 1.16 bits per heavy atom. The molecular weight excluding hydrogens is 501 g/mol. The van der Waals surface area contributed by atoms with Gasteiger partial charge in [0.15, 0.2) is 0 Å². The van der Waals surface area contributed by atoms with Gasteiger partial charge in [0.05, 0.1) is 17.7 Å². The maximum Gasteiger partial charge on any atom is 0.451 e. The fourth-order valence-corrected chi connectivity index (χ4v) is 5.00. The predicted octanol–water partition coefficient (Wildman–Crippen LogP) is 2.26. The van der Waals surface area contributed by atoms with Gasteiger partial charge >= 0.3 is 6.18 Å². The van der Waals surface area contributed by atoms with Crippen molar-refractivity contribution in [3.8, 4) is 6.07 Å². The number of rotatable bonds is 8. The van der Waals surface area contributed by atoms with Gasteiger partial charge in [0.25, 0.3) is 0 Å². The van der Waals surface area contributed by atoms with Gasteiger partial charge in [0.1, 0.15) is 17.7 Å². The molecule has 2 atom stereocenters. The summed E-state index contributed by atoms with van der Waals surface area (Å²) in [4.78, 5) is 23.8. The molecule has 2 aliphatic heterocycles. The number of aliphatic hydroxyl groups is 2. The van der Waals surface area contributed by atoms with E-state index < -0.39 is 30.1 Å². The minimum atomic E-state index is -4.78. The number of piperidine rings is 1. The van der Waals surface area contributed by atoms with E-state index in [0.717, 1.165) is 18.4 Å². The standard InChI is InChI=1S/C26H31F3N6O3/c27-26(28,29)25-32-22(34-10-6-18(7-11-34)8-12-36)14-23(33-25)35-16-20(37)13-21(35)24(38)31-9-5-17-1-3-19(15-30)4-2-17/h1-4,14,18,20-21,36-37H,5-13,16H2,(H,31,38). The number of β-amino-alcohol motifs (C(OH)–C–C–N with tert-alkyl or cyclic N) is 1. The molecule has 0 radical (unpaired) electrons. The number of hydrogen-bond donors (Lipinski definition) is 3. The number of aliphatic hydroxyl groups excluding tert-OH is 2. The average Bonchev–Trinajstić information content (AvgIpc) is 3.31. The van der Waals surface area contributed by atoms with Crippen LogP contribution in [0.15, 0.2) is 30.3 Å². The lowest BCUT2D eigenvalue weighted by Gasteiger charge is -2.33. The second kappa shape index (κ2) is 12.0. The third-order valence-corrected chi connectivity index (χ3v) is 7.10. The Balaban J connectivity index is 1.49. The van der Waals surface area contributed by atoms with E-state index in [2.05, 4.69) is 15.3 Å². The van der Waals surface area contributed by atoms with Crippen LogP contribution in [0.3, 0.4) is 0 Å². The minimum Gasteiger partial charge on any atom is -0.396 e. The van der Waals surface area contributed by atoms with Crippen molar-refractivity contribution in [2.24, 2.45) is 5.92 Å². The third kappa shape index (κ3) is 6.71. The van der Waals surface area contributed by atoms with E-state index in [9.17, 15) is 28.2 Å². The first-order valence-electron chi connectivity index (χ1n) is 12.7. The largest absolute Gasteiger partial charge is 0.451 e. The van der Waals surface area contributed by atoms with Gasteiger partial charge in [-0.3, -0.25) is 4.79 Å². The molecule has 3 heterocycles. The van der Waals surface area contributed by atoms with Crippen LogP contribution < -0.4 is 15.1 Å². The van der Waals surface area contributed by atoms with Gasteiger partial charge in [-0.15, -0.1) is 0 Å². The molecule has 204 valence electrons. The summed E-state index contributed by atoms with van der Waals surface area (Å²) in [6.07, 6.45) is -2.99. The number of halogens is 3. The highest BCUT2D eigenvalue weighted by Crippen LogP contribution is 2.34. The van der Waals surface area contributed by atoms with Gasteiger partial charge < -0.3 is 25.3 Å². The van der Waals surface area contributed by atoms with Crippen molar-refractivity contribution < 1.29 is 28.2 Å². The molecule has 2 fully saturated rings. The highest BCUT2D eigenvalue weighted by molar-refractivity contribution is 5.86. The molecule has 1 amide bonds. The molecule has 1 aromatic carbocycles. The molecule has 12 heteroatoms. The molecule has 9 nitrogen and oxygen atoms in total. The Kier molecular flexibility index (Phi) is 8.69. The van der Waals surface area contributed by atoms with Crippen LogP contribution in [-0.2, 0) is 17.4 Å². The number of nitrogens with zero attached hydrogens (tertiary/aromatic N) is 5. The van der Waals surface area contributed by atoms with E-state index in [0.29, 0.717) is 37.4 Å². The lowest BCUT2D eigenvalue weighted by atomic mass is 9.94. The van der Waals surface area contributed by atoms with E-state index in [1.165, 1.54) is 11.0 Å². The van der Waals surface area contributed by atoms with Gasteiger partial charge in [-0.05, 0) is 49.3 Å². The first-order chi connectivity index (χ1) is 18.2. The third-order valence-electron chi connectivity index (χ3n) is 7.10. The van der Waals surface area contributed by atoms with E-state index >= 15 is 0 Å². The number of amides is 1. The zero-order valence-corrected chi connectivity index (χ0v) is 20.9. The van der Waals surface area contributed by atoms with Crippen molar-refractivity contribution in [3.63, 3.8) is 0 Å². The number of hydrogen-bond acceptors (Lipinski definition) is 8. The number of carbonyl (C=O) groups is 1. The summed E-state index contributed by atoms with van der Waals surface area (Å²) in [7, 11) is 0. The Hall–Kier alpha value is -3.43. The normalized spacial score (nSPS) is 20.4. The van der Waals surface area contributed by atoms with Crippen LogP contribution >= 0.6 is 0 Å². The number of nitrogens with one attached hydrogen (secondary N) is 1. The smallest absolute Gasteiger partial charge is 0.396 e. The number of anilines is 2. The van der Waals surface area contributed by atoms with E-state index in [-0.39, 0.29) is 37.8 Å². The Morgan fingerprint density at radius 3 is 2.47 bits per heavy atom. The van der Waals surface area contributed by atoms with E-state index in [1.807, 2.05) is 6.07 Å². The van der Waals surface area contributed by atoms with Crippen LogP contribution in [0.2, 0.25) is 0 Å². The molecule has 0 spiro atoms. The zero-order valence-electron chi connectivity index (χ0n) is 20.9. The first kappa shape index (κ1) is 27.6. The molecule has 4 rings (SSSR count). The molecule has 0 aliphatic carbocycles. The van der Waals surface area contributed by atoms with Crippen LogP contribution in [0.4, 0.5) is 24.8 Å². The van der Waals surface area contributed by atoms with E-state index in [4.69, 9.17) is 5.26 Å². The highest BCUT2D eigenvalue weighted by Gasteiger charge is 2.40. The summed E-state index contributed by atoms with van der Waals surface area (Å²) in [5, 5.41) is 31.2. The Labute approximate surface area is 218 Å². The number of alkyl halides is 3. The Bertz CT molecular complexity index is 1150. The molecule has 38 heavy (non-hydrogen) atoms. The maximum absolute atomic E-state index is 13.7. The van der Waals surface area contributed by atoms with Crippen molar-refractivity contribution in [3.05, 3.63) is 47.3 Å². The molecule has 0 bridgehead atoms. The zero-order chi connectivity index (χ0) is 27.3. The summed E-state index contributed by atoms with van der Waals surface area (Å²) in [5.74, 6) is -1.31. The van der Waals surface area contributed by atoms with Crippen LogP contribution in [0.25, 0.3) is 0 Å². The summed E-state index contributed by atoms with van der Waals surface area (Å²) in [5.41, 5.74) is 1.45. The summed E-state index contributed by atoms with van der Waals surface area (Å²) in [6, 6.07) is 9.58. The average molecular weight is 533 g/mol. The van der Waals surface area contributed by atoms with Gasteiger partial charge in [-0.2, -0.15) is 18.4 Å². The maximum atomic E-state index is 13.7. The van der Waals surface area contributed by atoms with Crippen molar-refractivity contribution in [1.82, 2.24) is 15.3 Å². The van der Waals surface area contributed by atoms with Crippen LogP contribution in [0.1, 0.15) is 42.6 Å². The summed E-state index contributed by atoms with van der Waals surface area (Å²) in [6.45, 7) is 1.34. The van der Waals surface area contributed by atoms with E-state index in [1.54, 1.807) is 29.2 Å². The van der Waals surface area contributed by atoms with Gasteiger partial charge in [0.2, 0.25) is 11.7 Å². The second-order valence-corrected chi connectivity index (χ2v) is 9.76. The minimum absolute atomic E-state index is 0.0277. The topological polar surface area (TPSA) is 126 Å². The summed E-state index contributed by atoms with van der Waals surface area (Å²) < 4.78 is 41.2. The van der Waals surface area contributed by atoms with Gasteiger partial charge in [-0.25, -0.2) is 9.97 Å². The number of aromatic nitrogens is 2. The van der Waals surface area contributed by atoms with Crippen molar-refractivity contribution in [2.75, 3.05) is 42.6 Å². The molecule has 2 unspecified atom stereocenters. The van der Waals surface area contributed by atoms with Crippen LogP contribution in [0, 0.1) is 17.2 Å². The number of benzene rings is 1. The lowest BCUT2D eigenvalue weighted by molar-refractivity contribution is -0.144. The highest BCUT2D eigenvalue weighted by atomic mass is 19.4. The van der Waals surface area contributed by atoms with Gasteiger partial charge in [-0.1, -0.05) is 12.1 Å². The van der Waals surface area contributed by atoms with Crippen molar-refractivity contribution >= 4 is 17.5 Å². The second-order valence-electron chi connectivity index (χ2n) is 9.76. The molecular formula is C26H31F3N6O3. The molecule has 2 saturated heterocycles. The molecule has 1 aromatic heterocycles. The fraction of sp³-hybridized carbons (Fsp3) is 0.538. The molecule has 2 aliphatic rings. The molecule has 0 saturated carbocycles. The van der Waals surface area contributed by atoms with Crippen LogP contribution in [0.5, 0.6) is 0 Å². The number of carbonyl (C=O) groups excluding carboxylic acids is 1. The predicted molar refractivity (Wildman–Crippen MR) is 133 cm³/mol. The monoisotopic (exact) mass is 532 g/mol. The Morgan fingerprint density at radius 2 is 1.84 bits per heavy atom. The fourth-order valence-electron chi connectivity index (χ4n) is 5.00. The summed E-state index contributed by atoms with van der Waals surface area (Å²) >= 11 is 0. The van der Waals surface area contributed by atoms with Gasteiger partial charge in [0, 0.05) is 45.3 Å². The molecule has 3 N–H and O–H groups in total. The quantitative estimate of drug-likeness (QED) is 0.473. The van der Waals surface area contributed by atoms with Crippen molar-refractivity contribution in [1.29, 1.82) is 5.26 Å².